The Balaban J connectivity index is 1.73. The zero-order valence-corrected chi connectivity index (χ0v) is 12.3. The third kappa shape index (κ3) is 5.25. The molecule has 0 radical (unpaired) electrons. The highest BCUT2D eigenvalue weighted by molar-refractivity contribution is 8.00. The van der Waals surface area contributed by atoms with Crippen LogP contribution in [0.5, 0.6) is 0 Å². The molecule has 0 unspecified atom stereocenters. The SMILES string of the molecule is O=C(CSc1ccc(Cl)cc1)NN=C1CCCCC1. The van der Waals surface area contributed by atoms with E-state index >= 15 is 0 Å². The molecule has 0 heterocycles. The Hall–Kier alpha value is -1.00. The normalized spacial score (nSPS) is 15.1. The van der Waals surface area contributed by atoms with Crippen LogP contribution >= 0.6 is 23.4 Å². The van der Waals surface area contributed by atoms with Gasteiger partial charge >= 0.3 is 0 Å². The summed E-state index contributed by atoms with van der Waals surface area (Å²) in [6.45, 7) is 0. The number of halogens is 1. The second kappa shape index (κ2) is 7.56. The van der Waals surface area contributed by atoms with Crippen LogP contribution in [0.25, 0.3) is 0 Å². The Morgan fingerprint density at radius 2 is 1.89 bits per heavy atom. The number of rotatable bonds is 4. The number of hydrazone groups is 1. The van der Waals surface area contributed by atoms with Gasteiger partial charge in [-0.05, 0) is 49.9 Å². The van der Waals surface area contributed by atoms with E-state index in [1.165, 1.54) is 31.0 Å². The maximum absolute atomic E-state index is 11.7. The van der Waals surface area contributed by atoms with Crippen molar-refractivity contribution in [2.45, 2.75) is 37.0 Å². The van der Waals surface area contributed by atoms with Crippen molar-refractivity contribution in [2.24, 2.45) is 5.10 Å². The lowest BCUT2D eigenvalue weighted by molar-refractivity contribution is -0.118. The quantitative estimate of drug-likeness (QED) is 0.677. The summed E-state index contributed by atoms with van der Waals surface area (Å²) in [6, 6.07) is 7.47. The van der Waals surface area contributed by atoms with Gasteiger partial charge in [-0.15, -0.1) is 11.8 Å². The van der Waals surface area contributed by atoms with E-state index in [0.717, 1.165) is 23.4 Å². The lowest BCUT2D eigenvalue weighted by Gasteiger charge is -2.11. The minimum absolute atomic E-state index is 0.0574. The molecule has 5 heteroatoms. The standard InChI is InChI=1S/C14H17ClN2OS/c15-11-6-8-13(9-7-11)19-10-14(18)17-16-12-4-2-1-3-5-12/h6-9H,1-5,10H2,(H,17,18). The van der Waals surface area contributed by atoms with Crippen LogP contribution in [-0.4, -0.2) is 17.4 Å². The lowest BCUT2D eigenvalue weighted by Crippen LogP contribution is -2.22. The minimum Gasteiger partial charge on any atom is -0.272 e. The van der Waals surface area contributed by atoms with E-state index in [1.807, 2.05) is 24.3 Å². The average Bonchev–Trinajstić information content (AvgIpc) is 2.45. The van der Waals surface area contributed by atoms with Crippen molar-refractivity contribution in [3.05, 3.63) is 29.3 Å². The molecule has 0 atom stereocenters. The van der Waals surface area contributed by atoms with E-state index in [4.69, 9.17) is 11.6 Å². The van der Waals surface area contributed by atoms with E-state index in [2.05, 4.69) is 10.5 Å². The van der Waals surface area contributed by atoms with Crippen LogP contribution in [0.4, 0.5) is 0 Å². The van der Waals surface area contributed by atoms with Crippen molar-refractivity contribution in [1.29, 1.82) is 0 Å². The summed E-state index contributed by atoms with van der Waals surface area (Å²) in [5.74, 6) is 0.316. The fourth-order valence-electron chi connectivity index (χ4n) is 1.93. The highest BCUT2D eigenvalue weighted by Gasteiger charge is 2.07. The molecule has 1 N–H and O–H groups in total. The maximum atomic E-state index is 11.7. The van der Waals surface area contributed by atoms with Crippen LogP contribution < -0.4 is 5.43 Å². The smallest absolute Gasteiger partial charge is 0.250 e. The molecule has 0 bridgehead atoms. The molecule has 1 aromatic rings. The summed E-state index contributed by atoms with van der Waals surface area (Å²) in [7, 11) is 0. The molecule has 102 valence electrons. The van der Waals surface area contributed by atoms with Crippen molar-refractivity contribution in [3.63, 3.8) is 0 Å². The first-order chi connectivity index (χ1) is 9.24. The lowest BCUT2D eigenvalue weighted by atomic mass is 9.99. The van der Waals surface area contributed by atoms with Crippen molar-refractivity contribution >= 4 is 35.0 Å². The van der Waals surface area contributed by atoms with E-state index in [0.29, 0.717) is 10.8 Å². The molecule has 1 fully saturated rings. The summed E-state index contributed by atoms with van der Waals surface area (Å²) in [4.78, 5) is 12.7. The molecule has 0 aliphatic heterocycles. The Kier molecular flexibility index (Phi) is 5.73. The molecule has 1 aliphatic rings. The van der Waals surface area contributed by atoms with Gasteiger partial charge in [0.15, 0.2) is 0 Å². The molecule has 1 amide bonds. The maximum Gasteiger partial charge on any atom is 0.250 e. The number of thioether (sulfide) groups is 1. The number of amides is 1. The fourth-order valence-corrected chi connectivity index (χ4v) is 2.74. The van der Waals surface area contributed by atoms with Gasteiger partial charge in [0.2, 0.25) is 5.91 Å². The number of carbonyl (C=O) groups is 1. The minimum atomic E-state index is -0.0574. The van der Waals surface area contributed by atoms with Crippen LogP contribution in [0.15, 0.2) is 34.3 Å². The molecule has 0 spiro atoms. The van der Waals surface area contributed by atoms with Crippen molar-refractivity contribution in [3.8, 4) is 0 Å². The van der Waals surface area contributed by atoms with E-state index in [9.17, 15) is 4.79 Å². The molecule has 1 aromatic carbocycles. The number of hydrogen-bond acceptors (Lipinski definition) is 3. The van der Waals surface area contributed by atoms with Gasteiger partial charge < -0.3 is 0 Å². The van der Waals surface area contributed by atoms with Crippen molar-refractivity contribution in [2.75, 3.05) is 5.75 Å². The molecule has 3 nitrogen and oxygen atoms in total. The molecule has 0 aromatic heterocycles. The first-order valence-electron chi connectivity index (χ1n) is 6.47. The number of nitrogens with one attached hydrogen (secondary N) is 1. The second-order valence-corrected chi connectivity index (χ2v) is 6.00. The van der Waals surface area contributed by atoms with E-state index < -0.39 is 0 Å². The Labute approximate surface area is 122 Å². The van der Waals surface area contributed by atoms with E-state index in [-0.39, 0.29) is 5.91 Å². The van der Waals surface area contributed by atoms with Gasteiger partial charge in [0.25, 0.3) is 0 Å². The van der Waals surface area contributed by atoms with Gasteiger partial charge in [0, 0.05) is 15.6 Å². The number of hydrogen-bond donors (Lipinski definition) is 1. The van der Waals surface area contributed by atoms with Crippen LogP contribution in [-0.2, 0) is 4.79 Å². The molecule has 1 saturated carbocycles. The van der Waals surface area contributed by atoms with Gasteiger partial charge in [-0.1, -0.05) is 18.0 Å². The summed E-state index contributed by atoms with van der Waals surface area (Å²) in [6.07, 6.45) is 5.69. The van der Waals surface area contributed by atoms with Crippen LogP contribution in [0.1, 0.15) is 32.1 Å². The Morgan fingerprint density at radius 1 is 1.21 bits per heavy atom. The van der Waals surface area contributed by atoms with Crippen LogP contribution in [0.3, 0.4) is 0 Å². The summed E-state index contributed by atoms with van der Waals surface area (Å²) >= 11 is 7.29. The second-order valence-electron chi connectivity index (χ2n) is 4.52. The number of carbonyl (C=O) groups excluding carboxylic acids is 1. The number of benzene rings is 1. The first kappa shape index (κ1) is 14.4. The topological polar surface area (TPSA) is 41.5 Å². The Bertz CT molecular complexity index is 451. The highest BCUT2D eigenvalue weighted by atomic mass is 35.5. The highest BCUT2D eigenvalue weighted by Crippen LogP contribution is 2.20. The van der Waals surface area contributed by atoms with Gasteiger partial charge in [0.1, 0.15) is 0 Å². The Morgan fingerprint density at radius 3 is 2.58 bits per heavy atom. The van der Waals surface area contributed by atoms with E-state index in [1.54, 1.807) is 0 Å². The van der Waals surface area contributed by atoms with Gasteiger partial charge in [-0.25, -0.2) is 5.43 Å². The van der Waals surface area contributed by atoms with Crippen LogP contribution in [0, 0.1) is 0 Å². The molecule has 1 aliphatic carbocycles. The van der Waals surface area contributed by atoms with Crippen molar-refractivity contribution < 1.29 is 4.79 Å². The van der Waals surface area contributed by atoms with Gasteiger partial charge in [0.05, 0.1) is 5.75 Å². The molecular weight excluding hydrogens is 280 g/mol. The first-order valence-corrected chi connectivity index (χ1v) is 7.83. The zero-order chi connectivity index (χ0) is 13.5. The molecule has 19 heavy (non-hydrogen) atoms. The predicted octanol–water partition coefficient (Wildman–Crippen LogP) is 3.87. The monoisotopic (exact) mass is 296 g/mol. The third-order valence-electron chi connectivity index (χ3n) is 2.95. The molecule has 0 saturated heterocycles. The third-order valence-corrected chi connectivity index (χ3v) is 4.22. The largest absolute Gasteiger partial charge is 0.272 e. The zero-order valence-electron chi connectivity index (χ0n) is 10.7. The average molecular weight is 297 g/mol. The summed E-state index contributed by atoms with van der Waals surface area (Å²) < 4.78 is 0. The molecular formula is C14H17ClN2OS. The fraction of sp³-hybridized carbons (Fsp3) is 0.429. The molecule has 2 rings (SSSR count). The van der Waals surface area contributed by atoms with Crippen LogP contribution in [0.2, 0.25) is 5.02 Å². The van der Waals surface area contributed by atoms with Gasteiger partial charge in [-0.3, -0.25) is 4.79 Å². The summed E-state index contributed by atoms with van der Waals surface area (Å²) in [5, 5.41) is 4.90. The summed E-state index contributed by atoms with van der Waals surface area (Å²) in [5.41, 5.74) is 3.76. The number of nitrogens with zero attached hydrogens (tertiary/aromatic N) is 1. The predicted molar refractivity (Wildman–Crippen MR) is 80.8 cm³/mol. The van der Waals surface area contributed by atoms with Gasteiger partial charge in [-0.2, -0.15) is 5.10 Å². The van der Waals surface area contributed by atoms with Crippen molar-refractivity contribution in [1.82, 2.24) is 5.43 Å².